The highest BCUT2D eigenvalue weighted by molar-refractivity contribution is 5.92. The molecule has 0 aromatic carbocycles. The first kappa shape index (κ1) is 22.1. The Kier molecular flexibility index (Phi) is 6.72. The van der Waals surface area contributed by atoms with E-state index in [9.17, 15) is 22.8 Å². The molecule has 1 unspecified atom stereocenters. The number of carbonyl (C=O) groups excluding carboxylic acids is 2. The summed E-state index contributed by atoms with van der Waals surface area (Å²) < 4.78 is 41.3. The zero-order chi connectivity index (χ0) is 21.8. The molecule has 8 nitrogen and oxygen atoms in total. The Morgan fingerprint density at radius 1 is 1.17 bits per heavy atom. The SMILES string of the molecule is CC(=O)Nc1cc(C(C)NC(=O)c2cc(C)c(OCC(F)(F)F)nn2)cc(C)n1. The predicted octanol–water partition coefficient (Wildman–Crippen LogP) is 2.88. The van der Waals surface area contributed by atoms with Crippen molar-refractivity contribution in [3.05, 3.63) is 40.7 Å². The Hall–Kier alpha value is -3.24. The zero-order valence-electron chi connectivity index (χ0n) is 16.2. The molecule has 156 valence electrons. The van der Waals surface area contributed by atoms with E-state index in [1.165, 1.54) is 19.9 Å². The van der Waals surface area contributed by atoms with Gasteiger partial charge in [0.25, 0.3) is 5.91 Å². The van der Waals surface area contributed by atoms with Crippen molar-refractivity contribution in [3.63, 3.8) is 0 Å². The summed E-state index contributed by atoms with van der Waals surface area (Å²) in [6.07, 6.45) is -4.50. The molecule has 0 saturated heterocycles. The number of amides is 2. The molecule has 2 aromatic rings. The van der Waals surface area contributed by atoms with Gasteiger partial charge in [-0.2, -0.15) is 13.2 Å². The van der Waals surface area contributed by atoms with E-state index < -0.39 is 24.7 Å². The summed E-state index contributed by atoms with van der Waals surface area (Å²) in [7, 11) is 0. The van der Waals surface area contributed by atoms with Gasteiger partial charge in [0.05, 0.1) is 6.04 Å². The minimum absolute atomic E-state index is 0.0680. The lowest BCUT2D eigenvalue weighted by Gasteiger charge is -2.16. The van der Waals surface area contributed by atoms with E-state index in [0.29, 0.717) is 17.1 Å². The van der Waals surface area contributed by atoms with Crippen LogP contribution in [0.5, 0.6) is 5.88 Å². The summed E-state index contributed by atoms with van der Waals surface area (Å²) in [4.78, 5) is 27.8. The Morgan fingerprint density at radius 3 is 2.45 bits per heavy atom. The molecule has 0 aliphatic heterocycles. The maximum absolute atomic E-state index is 12.4. The summed E-state index contributed by atoms with van der Waals surface area (Å²) in [5.41, 5.74) is 1.52. The van der Waals surface area contributed by atoms with Crippen LogP contribution >= 0.6 is 0 Å². The smallest absolute Gasteiger partial charge is 0.422 e. The summed E-state index contributed by atoms with van der Waals surface area (Å²) in [6, 6.07) is 4.22. The largest absolute Gasteiger partial charge is 0.467 e. The van der Waals surface area contributed by atoms with Crippen LogP contribution in [0.4, 0.5) is 19.0 Å². The molecule has 0 aliphatic rings. The normalized spacial score (nSPS) is 12.2. The van der Waals surface area contributed by atoms with E-state index in [2.05, 4.69) is 30.6 Å². The molecule has 29 heavy (non-hydrogen) atoms. The number of anilines is 1. The molecular formula is C18H20F3N5O3. The lowest BCUT2D eigenvalue weighted by atomic mass is 10.1. The van der Waals surface area contributed by atoms with Crippen molar-refractivity contribution in [2.75, 3.05) is 11.9 Å². The number of hydrogen-bond acceptors (Lipinski definition) is 6. The van der Waals surface area contributed by atoms with Crippen molar-refractivity contribution in [1.29, 1.82) is 0 Å². The molecule has 0 bridgehead atoms. The summed E-state index contributed by atoms with van der Waals surface area (Å²) >= 11 is 0. The van der Waals surface area contributed by atoms with Gasteiger partial charge < -0.3 is 15.4 Å². The third-order valence-electron chi connectivity index (χ3n) is 3.67. The van der Waals surface area contributed by atoms with Crippen molar-refractivity contribution >= 4 is 17.6 Å². The zero-order valence-corrected chi connectivity index (χ0v) is 16.2. The molecule has 1 atom stereocenters. The number of hydrogen-bond donors (Lipinski definition) is 2. The number of nitrogens with one attached hydrogen (secondary N) is 2. The van der Waals surface area contributed by atoms with Gasteiger partial charge in [-0.15, -0.1) is 10.2 Å². The van der Waals surface area contributed by atoms with E-state index in [4.69, 9.17) is 0 Å². The first-order valence-corrected chi connectivity index (χ1v) is 8.55. The highest BCUT2D eigenvalue weighted by atomic mass is 19.4. The fraction of sp³-hybridized carbons (Fsp3) is 0.389. The van der Waals surface area contributed by atoms with Crippen molar-refractivity contribution in [3.8, 4) is 5.88 Å². The third-order valence-corrected chi connectivity index (χ3v) is 3.67. The van der Waals surface area contributed by atoms with Crippen molar-refractivity contribution in [1.82, 2.24) is 20.5 Å². The molecule has 2 heterocycles. The Balaban J connectivity index is 2.10. The van der Waals surface area contributed by atoms with Gasteiger partial charge in [0.2, 0.25) is 11.8 Å². The molecule has 2 amide bonds. The number of halogens is 3. The van der Waals surface area contributed by atoms with Crippen molar-refractivity contribution < 1.29 is 27.5 Å². The standard InChI is InChI=1S/C18H20F3N5O3/c1-9-5-14(25-26-17(9)29-8-18(19,20)21)16(28)23-11(3)13-6-10(2)22-15(7-13)24-12(4)27/h5-7,11H,8H2,1-4H3,(H,23,28)(H,22,24,27). The van der Waals surface area contributed by atoms with Crippen LogP contribution in [0.15, 0.2) is 18.2 Å². The molecule has 2 aromatic heterocycles. The predicted molar refractivity (Wildman–Crippen MR) is 97.5 cm³/mol. The van der Waals surface area contributed by atoms with Gasteiger partial charge >= 0.3 is 6.18 Å². The number of carbonyl (C=O) groups is 2. The van der Waals surface area contributed by atoms with E-state index in [1.54, 1.807) is 26.0 Å². The second-order valence-corrected chi connectivity index (χ2v) is 6.43. The van der Waals surface area contributed by atoms with Crippen LogP contribution in [0.2, 0.25) is 0 Å². The fourth-order valence-corrected chi connectivity index (χ4v) is 2.42. The van der Waals surface area contributed by atoms with Gasteiger partial charge in [0.1, 0.15) is 5.82 Å². The molecule has 2 rings (SSSR count). The van der Waals surface area contributed by atoms with Crippen LogP contribution in [0, 0.1) is 13.8 Å². The second kappa shape index (κ2) is 8.84. The van der Waals surface area contributed by atoms with Crippen LogP contribution < -0.4 is 15.4 Å². The quantitative estimate of drug-likeness (QED) is 0.757. The van der Waals surface area contributed by atoms with E-state index in [0.717, 1.165) is 0 Å². The summed E-state index contributed by atoms with van der Waals surface area (Å²) in [6.45, 7) is 4.80. The number of aromatic nitrogens is 3. The first-order valence-electron chi connectivity index (χ1n) is 8.55. The number of ether oxygens (including phenoxy) is 1. The highest BCUT2D eigenvalue weighted by Crippen LogP contribution is 2.21. The Labute approximate surface area is 164 Å². The van der Waals surface area contributed by atoms with E-state index in [-0.39, 0.29) is 23.0 Å². The number of nitrogens with zero attached hydrogens (tertiary/aromatic N) is 3. The minimum atomic E-state index is -4.50. The van der Waals surface area contributed by atoms with Crippen LogP contribution in [0.25, 0.3) is 0 Å². The molecule has 0 aliphatic carbocycles. The second-order valence-electron chi connectivity index (χ2n) is 6.43. The van der Waals surface area contributed by atoms with Crippen LogP contribution in [0.3, 0.4) is 0 Å². The van der Waals surface area contributed by atoms with Crippen LogP contribution in [-0.2, 0) is 4.79 Å². The molecule has 11 heteroatoms. The van der Waals surface area contributed by atoms with Gasteiger partial charge in [0.15, 0.2) is 12.3 Å². The molecule has 2 N–H and O–H groups in total. The van der Waals surface area contributed by atoms with E-state index in [1.807, 2.05) is 0 Å². The van der Waals surface area contributed by atoms with Gasteiger partial charge in [-0.3, -0.25) is 9.59 Å². The lowest BCUT2D eigenvalue weighted by Crippen LogP contribution is -2.28. The van der Waals surface area contributed by atoms with Crippen molar-refractivity contribution in [2.24, 2.45) is 0 Å². The van der Waals surface area contributed by atoms with Gasteiger partial charge in [0, 0.05) is 18.2 Å². The Morgan fingerprint density at radius 2 is 1.86 bits per heavy atom. The highest BCUT2D eigenvalue weighted by Gasteiger charge is 2.29. The maximum Gasteiger partial charge on any atom is 0.422 e. The number of rotatable bonds is 6. The Bertz CT molecular complexity index is 918. The summed E-state index contributed by atoms with van der Waals surface area (Å²) in [5, 5.41) is 12.5. The molecular weight excluding hydrogens is 391 g/mol. The third kappa shape index (κ3) is 6.70. The lowest BCUT2D eigenvalue weighted by molar-refractivity contribution is -0.154. The minimum Gasteiger partial charge on any atom is -0.467 e. The van der Waals surface area contributed by atoms with Crippen molar-refractivity contribution in [2.45, 2.75) is 39.9 Å². The monoisotopic (exact) mass is 411 g/mol. The number of aryl methyl sites for hydroxylation is 2. The maximum atomic E-state index is 12.4. The average Bonchev–Trinajstić information content (AvgIpc) is 2.58. The summed E-state index contributed by atoms with van der Waals surface area (Å²) in [5.74, 6) is -0.776. The topological polar surface area (TPSA) is 106 Å². The van der Waals surface area contributed by atoms with Gasteiger partial charge in [-0.05, 0) is 44.5 Å². The van der Waals surface area contributed by atoms with E-state index >= 15 is 0 Å². The molecule has 0 fully saturated rings. The van der Waals surface area contributed by atoms with Gasteiger partial charge in [-0.25, -0.2) is 4.98 Å². The molecule has 0 radical (unpaired) electrons. The van der Waals surface area contributed by atoms with Gasteiger partial charge in [-0.1, -0.05) is 0 Å². The van der Waals surface area contributed by atoms with Crippen LogP contribution in [-0.4, -0.2) is 39.8 Å². The number of pyridine rings is 1. The fourth-order valence-electron chi connectivity index (χ4n) is 2.42. The first-order chi connectivity index (χ1) is 13.4. The molecule has 0 saturated carbocycles. The number of alkyl halides is 3. The average molecular weight is 411 g/mol. The molecule has 0 spiro atoms. The van der Waals surface area contributed by atoms with Crippen LogP contribution in [0.1, 0.15) is 47.2 Å².